The minimum absolute atomic E-state index is 0.0126. The molecule has 2 aromatic rings. The molecule has 2 saturated heterocycles. The molecule has 0 unspecified atom stereocenters. The summed E-state index contributed by atoms with van der Waals surface area (Å²) in [5, 5.41) is 2.85. The number of rotatable bonds is 4. The highest BCUT2D eigenvalue weighted by molar-refractivity contribution is 5.92. The SMILES string of the molecule is O=C(NCc1ccco1)[C@@H]1CC[C@H]2[C@H](CCN2C(=O)c2ccccn2)O1. The Hall–Kier alpha value is -2.67. The van der Waals surface area contributed by atoms with E-state index in [0.29, 0.717) is 31.0 Å². The Morgan fingerprint density at radius 1 is 1.19 bits per heavy atom. The molecule has 26 heavy (non-hydrogen) atoms. The number of fused-ring (bicyclic) bond motifs is 1. The van der Waals surface area contributed by atoms with Crippen molar-refractivity contribution in [1.82, 2.24) is 15.2 Å². The monoisotopic (exact) mass is 355 g/mol. The molecule has 136 valence electrons. The highest BCUT2D eigenvalue weighted by atomic mass is 16.5. The fourth-order valence-corrected chi connectivity index (χ4v) is 3.71. The van der Waals surface area contributed by atoms with Crippen LogP contribution in [0.15, 0.2) is 47.2 Å². The summed E-state index contributed by atoms with van der Waals surface area (Å²) in [6.07, 6.45) is 4.71. The number of carbonyl (C=O) groups is 2. The summed E-state index contributed by atoms with van der Waals surface area (Å²) < 4.78 is 11.2. The van der Waals surface area contributed by atoms with Crippen molar-refractivity contribution in [2.45, 2.75) is 44.1 Å². The largest absolute Gasteiger partial charge is 0.467 e. The normalized spacial score (nSPS) is 24.9. The highest BCUT2D eigenvalue weighted by Gasteiger charge is 2.43. The van der Waals surface area contributed by atoms with Gasteiger partial charge in [-0.1, -0.05) is 6.07 Å². The van der Waals surface area contributed by atoms with Crippen molar-refractivity contribution in [3.63, 3.8) is 0 Å². The molecule has 2 aromatic heterocycles. The number of amides is 2. The number of hydrogen-bond acceptors (Lipinski definition) is 5. The van der Waals surface area contributed by atoms with Gasteiger partial charge in [0.15, 0.2) is 0 Å². The van der Waals surface area contributed by atoms with Gasteiger partial charge in [0.05, 0.1) is 25.0 Å². The predicted octanol–water partition coefficient (Wildman–Crippen LogP) is 1.75. The predicted molar refractivity (Wildman–Crippen MR) is 92.1 cm³/mol. The smallest absolute Gasteiger partial charge is 0.272 e. The highest BCUT2D eigenvalue weighted by Crippen LogP contribution is 2.32. The van der Waals surface area contributed by atoms with Crippen LogP contribution in [-0.4, -0.2) is 46.5 Å². The lowest BCUT2D eigenvalue weighted by Crippen LogP contribution is -2.49. The molecule has 0 spiro atoms. The van der Waals surface area contributed by atoms with Crippen molar-refractivity contribution in [2.75, 3.05) is 6.54 Å². The first-order chi connectivity index (χ1) is 12.7. The number of pyridine rings is 1. The van der Waals surface area contributed by atoms with Crippen LogP contribution in [0.25, 0.3) is 0 Å². The van der Waals surface area contributed by atoms with Gasteiger partial charge in [-0.05, 0) is 43.5 Å². The lowest BCUT2D eigenvalue weighted by molar-refractivity contribution is -0.143. The summed E-state index contributed by atoms with van der Waals surface area (Å²) in [6, 6.07) is 8.94. The Bertz CT molecular complexity index is 762. The van der Waals surface area contributed by atoms with Crippen molar-refractivity contribution in [1.29, 1.82) is 0 Å². The average molecular weight is 355 g/mol. The van der Waals surface area contributed by atoms with E-state index in [1.165, 1.54) is 0 Å². The van der Waals surface area contributed by atoms with Crippen molar-refractivity contribution >= 4 is 11.8 Å². The van der Waals surface area contributed by atoms with Crippen LogP contribution >= 0.6 is 0 Å². The maximum Gasteiger partial charge on any atom is 0.272 e. The first kappa shape index (κ1) is 16.8. The van der Waals surface area contributed by atoms with E-state index in [1.807, 2.05) is 17.0 Å². The molecule has 0 radical (unpaired) electrons. The van der Waals surface area contributed by atoms with Gasteiger partial charge in [0.25, 0.3) is 5.91 Å². The fraction of sp³-hybridized carbons (Fsp3) is 0.421. The molecule has 2 aliphatic heterocycles. The molecule has 2 amide bonds. The summed E-state index contributed by atoms with van der Waals surface area (Å²) in [5.41, 5.74) is 0.450. The minimum Gasteiger partial charge on any atom is -0.467 e. The quantitative estimate of drug-likeness (QED) is 0.903. The second kappa shape index (κ2) is 7.29. The van der Waals surface area contributed by atoms with Gasteiger partial charge in [-0.2, -0.15) is 0 Å². The van der Waals surface area contributed by atoms with Crippen LogP contribution in [-0.2, 0) is 16.1 Å². The van der Waals surface area contributed by atoms with E-state index in [4.69, 9.17) is 9.15 Å². The summed E-state index contributed by atoms with van der Waals surface area (Å²) in [4.78, 5) is 31.0. The molecule has 7 heteroatoms. The number of likely N-dealkylation sites (tertiary alicyclic amines) is 1. The van der Waals surface area contributed by atoms with Crippen molar-refractivity contribution in [2.24, 2.45) is 0 Å². The number of nitrogens with zero attached hydrogens (tertiary/aromatic N) is 2. The zero-order chi connectivity index (χ0) is 17.9. The van der Waals surface area contributed by atoms with E-state index >= 15 is 0 Å². The van der Waals surface area contributed by atoms with Crippen LogP contribution < -0.4 is 5.32 Å². The Morgan fingerprint density at radius 3 is 2.88 bits per heavy atom. The second-order valence-electron chi connectivity index (χ2n) is 6.61. The average Bonchev–Trinajstić information content (AvgIpc) is 3.35. The zero-order valence-corrected chi connectivity index (χ0v) is 14.3. The third kappa shape index (κ3) is 3.35. The van der Waals surface area contributed by atoms with Gasteiger partial charge in [-0.15, -0.1) is 0 Å². The molecule has 4 rings (SSSR count). The maximum atomic E-state index is 12.7. The topological polar surface area (TPSA) is 84.7 Å². The van der Waals surface area contributed by atoms with Gasteiger partial charge in [-0.3, -0.25) is 14.6 Å². The lowest BCUT2D eigenvalue weighted by Gasteiger charge is -2.35. The molecule has 3 atom stereocenters. The fourth-order valence-electron chi connectivity index (χ4n) is 3.71. The van der Waals surface area contributed by atoms with E-state index in [0.717, 1.165) is 12.8 Å². The minimum atomic E-state index is -0.476. The zero-order valence-electron chi connectivity index (χ0n) is 14.3. The summed E-state index contributed by atoms with van der Waals surface area (Å²) >= 11 is 0. The van der Waals surface area contributed by atoms with E-state index in [-0.39, 0.29) is 24.0 Å². The Balaban J connectivity index is 1.34. The molecule has 2 fully saturated rings. The maximum absolute atomic E-state index is 12.7. The first-order valence-electron chi connectivity index (χ1n) is 8.90. The van der Waals surface area contributed by atoms with Gasteiger partial charge in [0.2, 0.25) is 5.91 Å². The number of ether oxygens (including phenoxy) is 1. The van der Waals surface area contributed by atoms with Crippen molar-refractivity contribution < 1.29 is 18.7 Å². The number of aromatic nitrogens is 1. The molecule has 2 aliphatic rings. The molecule has 0 saturated carbocycles. The molecule has 0 aliphatic carbocycles. The van der Waals surface area contributed by atoms with E-state index in [9.17, 15) is 9.59 Å². The molecule has 0 bridgehead atoms. The van der Waals surface area contributed by atoms with Crippen LogP contribution in [0.3, 0.4) is 0 Å². The molecule has 7 nitrogen and oxygen atoms in total. The Labute approximate surface area is 151 Å². The van der Waals surface area contributed by atoms with E-state index in [2.05, 4.69) is 10.3 Å². The van der Waals surface area contributed by atoms with Gasteiger partial charge in [-0.25, -0.2) is 0 Å². The number of hydrogen-bond donors (Lipinski definition) is 1. The first-order valence-corrected chi connectivity index (χ1v) is 8.90. The van der Waals surface area contributed by atoms with Gasteiger partial charge < -0.3 is 19.4 Å². The van der Waals surface area contributed by atoms with Crippen molar-refractivity contribution in [3.05, 3.63) is 54.2 Å². The molecular formula is C19H21N3O4. The standard InChI is InChI=1S/C19H21N3O4/c23-18(21-12-13-4-3-11-25-13)17-7-6-15-16(26-17)8-10-22(15)19(24)14-5-1-2-9-20-14/h1-5,9,11,15-17H,6-8,10,12H2,(H,21,23)/t15-,16-,17-/m0/s1. The van der Waals surface area contributed by atoms with Crippen molar-refractivity contribution in [3.8, 4) is 0 Å². The summed E-state index contributed by atoms with van der Waals surface area (Å²) in [5.74, 6) is 0.511. The van der Waals surface area contributed by atoms with E-state index in [1.54, 1.807) is 30.7 Å². The lowest BCUT2D eigenvalue weighted by atomic mass is 9.98. The third-order valence-corrected chi connectivity index (χ3v) is 5.00. The van der Waals surface area contributed by atoms with E-state index < -0.39 is 6.10 Å². The summed E-state index contributed by atoms with van der Waals surface area (Å²) in [6.45, 7) is 0.982. The number of nitrogens with one attached hydrogen (secondary N) is 1. The van der Waals surface area contributed by atoms with Gasteiger partial charge in [0, 0.05) is 12.7 Å². The van der Waals surface area contributed by atoms with Crippen LogP contribution in [0.5, 0.6) is 0 Å². The Kier molecular flexibility index (Phi) is 4.71. The molecule has 0 aromatic carbocycles. The molecular weight excluding hydrogens is 334 g/mol. The van der Waals surface area contributed by atoms with Gasteiger partial charge >= 0.3 is 0 Å². The molecule has 4 heterocycles. The van der Waals surface area contributed by atoms with Crippen LogP contribution in [0, 0.1) is 0 Å². The third-order valence-electron chi connectivity index (χ3n) is 5.00. The van der Waals surface area contributed by atoms with Crippen LogP contribution in [0.1, 0.15) is 35.5 Å². The van der Waals surface area contributed by atoms with Crippen LogP contribution in [0.4, 0.5) is 0 Å². The number of furan rings is 1. The second-order valence-corrected chi connectivity index (χ2v) is 6.61. The number of carbonyl (C=O) groups excluding carboxylic acids is 2. The van der Waals surface area contributed by atoms with Gasteiger partial charge in [0.1, 0.15) is 17.6 Å². The van der Waals surface area contributed by atoms with Crippen LogP contribution in [0.2, 0.25) is 0 Å². The molecule has 1 N–H and O–H groups in total. The summed E-state index contributed by atoms with van der Waals surface area (Å²) in [7, 11) is 0. The Morgan fingerprint density at radius 2 is 2.12 bits per heavy atom.